The van der Waals surface area contributed by atoms with Gasteiger partial charge in [0.25, 0.3) is 0 Å². The van der Waals surface area contributed by atoms with Crippen molar-refractivity contribution in [1.29, 1.82) is 5.26 Å². The maximum Gasteiger partial charge on any atom is 0.123 e. The van der Waals surface area contributed by atoms with Gasteiger partial charge in [-0.05, 0) is 68.7 Å². The van der Waals surface area contributed by atoms with Crippen LogP contribution in [0.4, 0.5) is 4.39 Å². The van der Waals surface area contributed by atoms with Crippen molar-refractivity contribution in [3.05, 3.63) is 74.7 Å². The number of rotatable bonds is 4. The normalized spacial score (nSPS) is 11.5. The van der Waals surface area contributed by atoms with E-state index in [1.54, 1.807) is 25.1 Å². The molecule has 0 aliphatic heterocycles. The van der Waals surface area contributed by atoms with E-state index < -0.39 is 5.97 Å². The average molecular weight is 393 g/mol. The molecule has 0 unspecified atom stereocenters. The molecule has 0 bridgehead atoms. The van der Waals surface area contributed by atoms with Crippen LogP contribution < -0.4 is 5.11 Å². The van der Waals surface area contributed by atoms with Crippen LogP contribution in [0.1, 0.15) is 43.3 Å². The van der Waals surface area contributed by atoms with Crippen LogP contribution in [0.3, 0.4) is 0 Å². The molecule has 4 nitrogen and oxygen atoms in total. The van der Waals surface area contributed by atoms with Gasteiger partial charge >= 0.3 is 0 Å². The Morgan fingerprint density at radius 3 is 2.43 bits per heavy atom. The van der Waals surface area contributed by atoms with E-state index in [-0.39, 0.29) is 11.4 Å². The number of carbonyl (C=O) groups excluding carboxylic acids is 1. The average Bonchev–Trinajstić information content (AvgIpc) is 3.09. The summed E-state index contributed by atoms with van der Waals surface area (Å²) in [7, 11) is 0. The zero-order chi connectivity index (χ0) is 20.6. The number of hydrogen-bond acceptors (Lipinski definition) is 4. The van der Waals surface area contributed by atoms with E-state index in [9.17, 15) is 19.6 Å². The molecule has 6 heteroatoms. The van der Waals surface area contributed by atoms with Gasteiger partial charge in [0.1, 0.15) is 10.8 Å². The molecule has 0 aliphatic carbocycles. The number of thiophene rings is 1. The molecule has 142 valence electrons. The molecular weight excluding hydrogens is 375 g/mol. The molecule has 0 saturated carbocycles. The van der Waals surface area contributed by atoms with Crippen molar-refractivity contribution in [2.24, 2.45) is 0 Å². The summed E-state index contributed by atoms with van der Waals surface area (Å²) in [5.41, 5.74) is 4.38. The lowest BCUT2D eigenvalue weighted by Crippen LogP contribution is -2.24. The lowest BCUT2D eigenvalue weighted by atomic mass is 10.0. The first-order valence-electron chi connectivity index (χ1n) is 8.63. The Balaban J connectivity index is 2.16. The number of aromatic nitrogens is 1. The topological polar surface area (TPSA) is 68.8 Å². The van der Waals surface area contributed by atoms with Gasteiger partial charge in [-0.1, -0.05) is 12.1 Å². The van der Waals surface area contributed by atoms with Crippen LogP contribution in [-0.4, -0.2) is 10.5 Å². The van der Waals surface area contributed by atoms with E-state index >= 15 is 0 Å². The minimum atomic E-state index is -1.20. The van der Waals surface area contributed by atoms with Gasteiger partial charge in [-0.15, -0.1) is 11.3 Å². The molecule has 28 heavy (non-hydrogen) atoms. The lowest BCUT2D eigenvalue weighted by Gasteiger charge is -2.12. The molecule has 0 aliphatic rings. The standard InChI is InChI=1S/C22H19FN2O2S/c1-12-9-17(10-18(11-24)16-5-7-19(23)8-6-16)14(3)25(12)21-20(22(26)27)13(2)15(4)28-21/h5-10H,1-4H3,(H,26,27)/p-1/b18-10+. The number of benzene rings is 1. The molecule has 3 rings (SSSR count). The molecule has 0 spiro atoms. The van der Waals surface area contributed by atoms with Crippen molar-refractivity contribution in [3.8, 4) is 11.1 Å². The maximum absolute atomic E-state index is 13.2. The third kappa shape index (κ3) is 3.37. The van der Waals surface area contributed by atoms with Crippen molar-refractivity contribution in [1.82, 2.24) is 4.57 Å². The summed E-state index contributed by atoms with van der Waals surface area (Å²) in [6.45, 7) is 7.42. The first-order valence-corrected chi connectivity index (χ1v) is 9.44. The summed E-state index contributed by atoms with van der Waals surface area (Å²) in [4.78, 5) is 12.6. The molecule has 1 aromatic carbocycles. The number of allylic oxidation sites excluding steroid dienone is 1. The fourth-order valence-electron chi connectivity index (χ4n) is 3.22. The van der Waals surface area contributed by atoms with Crippen molar-refractivity contribution in [2.75, 3.05) is 0 Å². The van der Waals surface area contributed by atoms with Gasteiger partial charge in [0, 0.05) is 21.8 Å². The maximum atomic E-state index is 13.2. The number of aromatic carboxylic acids is 1. The molecule has 2 heterocycles. The van der Waals surface area contributed by atoms with E-state index in [1.165, 1.54) is 23.5 Å². The minimum Gasteiger partial charge on any atom is -0.545 e. The third-order valence-corrected chi connectivity index (χ3v) is 6.01. The number of carbonyl (C=O) groups is 1. The van der Waals surface area contributed by atoms with Crippen LogP contribution >= 0.6 is 11.3 Å². The molecule has 0 radical (unpaired) electrons. The Kier molecular flexibility index (Phi) is 5.21. The number of nitrogens with zero attached hydrogens (tertiary/aromatic N) is 2. The lowest BCUT2D eigenvalue weighted by molar-refractivity contribution is -0.255. The predicted molar refractivity (Wildman–Crippen MR) is 107 cm³/mol. The Bertz CT molecular complexity index is 1140. The highest BCUT2D eigenvalue weighted by Crippen LogP contribution is 2.34. The molecule has 0 fully saturated rings. The van der Waals surface area contributed by atoms with Crippen LogP contribution in [0.15, 0.2) is 30.3 Å². The summed E-state index contributed by atoms with van der Waals surface area (Å²) >= 11 is 1.40. The van der Waals surface area contributed by atoms with Gasteiger partial charge in [0.05, 0.1) is 17.6 Å². The Hall–Kier alpha value is -3.17. The molecule has 2 aromatic heterocycles. The van der Waals surface area contributed by atoms with E-state index in [4.69, 9.17) is 0 Å². The summed E-state index contributed by atoms with van der Waals surface area (Å²) < 4.78 is 15.0. The Morgan fingerprint density at radius 1 is 1.21 bits per heavy atom. The number of carboxylic acid groups (broad SMARTS) is 1. The van der Waals surface area contributed by atoms with Crippen LogP contribution in [0.25, 0.3) is 16.7 Å². The highest BCUT2D eigenvalue weighted by Gasteiger charge is 2.19. The molecule has 0 N–H and O–H groups in total. The monoisotopic (exact) mass is 393 g/mol. The quantitative estimate of drug-likeness (QED) is 0.619. The second-order valence-electron chi connectivity index (χ2n) is 6.59. The first-order chi connectivity index (χ1) is 13.2. The van der Waals surface area contributed by atoms with Crippen LogP contribution in [0, 0.1) is 44.8 Å². The van der Waals surface area contributed by atoms with Gasteiger partial charge in [0.2, 0.25) is 0 Å². The van der Waals surface area contributed by atoms with Crippen LogP contribution in [0.2, 0.25) is 0 Å². The molecule has 0 amide bonds. The fourth-order valence-corrected chi connectivity index (χ4v) is 4.47. The third-order valence-electron chi connectivity index (χ3n) is 4.82. The number of carboxylic acids is 1. The Labute approximate surface area is 166 Å². The number of nitriles is 1. The van der Waals surface area contributed by atoms with Crippen molar-refractivity contribution >= 4 is 29.0 Å². The van der Waals surface area contributed by atoms with E-state index in [2.05, 4.69) is 6.07 Å². The van der Waals surface area contributed by atoms with E-state index in [0.29, 0.717) is 21.7 Å². The van der Waals surface area contributed by atoms with Crippen molar-refractivity contribution in [2.45, 2.75) is 27.7 Å². The van der Waals surface area contributed by atoms with Crippen LogP contribution in [0.5, 0.6) is 0 Å². The van der Waals surface area contributed by atoms with Gasteiger partial charge in [0.15, 0.2) is 0 Å². The fraction of sp³-hybridized carbons (Fsp3) is 0.182. The smallest absolute Gasteiger partial charge is 0.123 e. The largest absolute Gasteiger partial charge is 0.545 e. The minimum absolute atomic E-state index is 0.193. The second-order valence-corrected chi connectivity index (χ2v) is 7.79. The zero-order valence-electron chi connectivity index (χ0n) is 16.0. The highest BCUT2D eigenvalue weighted by molar-refractivity contribution is 7.15. The Morgan fingerprint density at radius 2 is 1.86 bits per heavy atom. The molecule has 0 saturated heterocycles. The SMILES string of the molecule is Cc1sc(-n2c(C)cc(/C=C(\C#N)c3ccc(F)cc3)c2C)c(C(=O)[O-])c1C. The molecule has 3 aromatic rings. The van der Waals surface area contributed by atoms with Gasteiger partial charge in [-0.25, -0.2) is 4.39 Å². The predicted octanol–water partition coefficient (Wildman–Crippen LogP) is 4.34. The highest BCUT2D eigenvalue weighted by atomic mass is 32.1. The summed E-state index contributed by atoms with van der Waals surface area (Å²) in [5.74, 6) is -1.57. The van der Waals surface area contributed by atoms with Gasteiger partial charge in [-0.3, -0.25) is 0 Å². The number of hydrogen-bond donors (Lipinski definition) is 0. The van der Waals surface area contributed by atoms with E-state index in [1.807, 2.05) is 31.4 Å². The number of aryl methyl sites for hydroxylation is 2. The van der Waals surface area contributed by atoms with Gasteiger partial charge < -0.3 is 14.5 Å². The summed E-state index contributed by atoms with van der Waals surface area (Å²) in [6, 6.07) is 9.80. The second kappa shape index (κ2) is 7.45. The van der Waals surface area contributed by atoms with Crippen LogP contribution in [-0.2, 0) is 0 Å². The first kappa shape index (κ1) is 19.6. The molecular formula is C22H18FN2O2S-. The number of halogens is 1. The summed E-state index contributed by atoms with van der Waals surface area (Å²) in [5, 5.41) is 21.8. The van der Waals surface area contributed by atoms with Crippen molar-refractivity contribution < 1.29 is 14.3 Å². The van der Waals surface area contributed by atoms with Crippen molar-refractivity contribution in [3.63, 3.8) is 0 Å². The molecule has 0 atom stereocenters. The zero-order valence-corrected chi connectivity index (χ0v) is 16.8. The summed E-state index contributed by atoms with van der Waals surface area (Å²) in [6.07, 6.45) is 1.73. The van der Waals surface area contributed by atoms with E-state index in [0.717, 1.165) is 21.8 Å². The van der Waals surface area contributed by atoms with Gasteiger partial charge in [-0.2, -0.15) is 5.26 Å².